The van der Waals surface area contributed by atoms with Crippen molar-refractivity contribution in [3.63, 3.8) is 0 Å². The van der Waals surface area contributed by atoms with Gasteiger partial charge in [0.25, 0.3) is 0 Å². The SMILES string of the molecule is CC(Cn1nc(-c2ccccc2)cc1-c1ccccc1)N(C)C. The lowest BCUT2D eigenvalue weighted by atomic mass is 10.1. The number of rotatable bonds is 5. The van der Waals surface area contributed by atoms with Crippen molar-refractivity contribution < 1.29 is 0 Å². The third-order valence-electron chi connectivity index (χ3n) is 4.24. The van der Waals surface area contributed by atoms with Gasteiger partial charge in [-0.2, -0.15) is 5.10 Å². The molecule has 0 spiro atoms. The first kappa shape index (κ1) is 15.5. The van der Waals surface area contributed by atoms with Crippen molar-refractivity contribution in [1.82, 2.24) is 14.7 Å². The Labute approximate surface area is 138 Å². The van der Waals surface area contributed by atoms with E-state index in [1.54, 1.807) is 0 Å². The van der Waals surface area contributed by atoms with E-state index in [9.17, 15) is 0 Å². The molecule has 0 N–H and O–H groups in total. The number of aromatic nitrogens is 2. The molecule has 1 aromatic heterocycles. The topological polar surface area (TPSA) is 21.1 Å². The van der Waals surface area contributed by atoms with Crippen LogP contribution >= 0.6 is 0 Å². The third kappa shape index (κ3) is 3.51. The van der Waals surface area contributed by atoms with Gasteiger partial charge in [-0.05, 0) is 32.6 Å². The molecular formula is C20H23N3. The Morgan fingerprint density at radius 2 is 1.48 bits per heavy atom. The van der Waals surface area contributed by atoms with E-state index in [1.807, 2.05) is 12.1 Å². The molecule has 3 aromatic rings. The van der Waals surface area contributed by atoms with Crippen molar-refractivity contribution in [2.45, 2.75) is 19.5 Å². The number of likely N-dealkylation sites (N-methyl/N-ethyl adjacent to an activating group) is 1. The lowest BCUT2D eigenvalue weighted by Crippen LogP contribution is -2.29. The van der Waals surface area contributed by atoms with Crippen LogP contribution in [0.4, 0.5) is 0 Å². The lowest BCUT2D eigenvalue weighted by Gasteiger charge is -2.20. The van der Waals surface area contributed by atoms with Crippen LogP contribution in [0, 0.1) is 0 Å². The predicted octanol–water partition coefficient (Wildman–Crippen LogP) is 4.17. The summed E-state index contributed by atoms with van der Waals surface area (Å²) in [5, 5.41) is 4.87. The highest BCUT2D eigenvalue weighted by Crippen LogP contribution is 2.26. The minimum absolute atomic E-state index is 0.418. The van der Waals surface area contributed by atoms with Crippen molar-refractivity contribution in [2.75, 3.05) is 14.1 Å². The molecule has 0 aliphatic rings. The summed E-state index contributed by atoms with van der Waals surface area (Å²) in [6.07, 6.45) is 0. The molecule has 3 nitrogen and oxygen atoms in total. The Kier molecular flexibility index (Phi) is 4.58. The van der Waals surface area contributed by atoms with Gasteiger partial charge >= 0.3 is 0 Å². The van der Waals surface area contributed by atoms with Crippen LogP contribution in [0.15, 0.2) is 66.7 Å². The highest BCUT2D eigenvalue weighted by Gasteiger charge is 2.14. The summed E-state index contributed by atoms with van der Waals surface area (Å²) < 4.78 is 2.13. The van der Waals surface area contributed by atoms with Gasteiger partial charge < -0.3 is 4.90 Å². The number of benzene rings is 2. The monoisotopic (exact) mass is 305 g/mol. The number of hydrogen-bond acceptors (Lipinski definition) is 2. The van der Waals surface area contributed by atoms with Gasteiger partial charge in [0.05, 0.1) is 17.9 Å². The maximum atomic E-state index is 4.87. The van der Waals surface area contributed by atoms with E-state index in [1.165, 1.54) is 5.56 Å². The summed E-state index contributed by atoms with van der Waals surface area (Å²) in [6.45, 7) is 3.09. The van der Waals surface area contributed by atoms with Crippen LogP contribution in [0.5, 0.6) is 0 Å². The predicted molar refractivity (Wildman–Crippen MR) is 96.2 cm³/mol. The van der Waals surface area contributed by atoms with Gasteiger partial charge in [-0.15, -0.1) is 0 Å². The minimum atomic E-state index is 0.418. The Balaban J connectivity index is 2.03. The molecule has 0 radical (unpaired) electrons. The zero-order valence-electron chi connectivity index (χ0n) is 14.0. The quantitative estimate of drug-likeness (QED) is 0.705. The van der Waals surface area contributed by atoms with Crippen LogP contribution in [0.3, 0.4) is 0 Å². The Morgan fingerprint density at radius 3 is 2.04 bits per heavy atom. The molecule has 118 valence electrons. The summed E-state index contributed by atoms with van der Waals surface area (Å²) in [7, 11) is 4.21. The molecule has 2 aromatic carbocycles. The van der Waals surface area contributed by atoms with Gasteiger partial charge in [0, 0.05) is 11.6 Å². The first-order chi connectivity index (χ1) is 11.1. The Bertz CT molecular complexity index is 745. The Morgan fingerprint density at radius 1 is 0.913 bits per heavy atom. The van der Waals surface area contributed by atoms with Crippen LogP contribution in [0.2, 0.25) is 0 Å². The summed E-state index contributed by atoms with van der Waals surface area (Å²) in [6, 6.07) is 23.4. The second kappa shape index (κ2) is 6.80. The van der Waals surface area contributed by atoms with Gasteiger partial charge in [0.15, 0.2) is 0 Å². The van der Waals surface area contributed by atoms with Crippen molar-refractivity contribution in [3.05, 3.63) is 66.7 Å². The van der Waals surface area contributed by atoms with E-state index in [2.05, 4.69) is 85.2 Å². The smallest absolute Gasteiger partial charge is 0.0929 e. The van der Waals surface area contributed by atoms with Crippen LogP contribution in [-0.2, 0) is 6.54 Å². The van der Waals surface area contributed by atoms with Gasteiger partial charge in [0.2, 0.25) is 0 Å². The molecule has 1 atom stereocenters. The van der Waals surface area contributed by atoms with Crippen LogP contribution in [0.1, 0.15) is 6.92 Å². The lowest BCUT2D eigenvalue weighted by molar-refractivity contribution is 0.277. The standard InChI is InChI=1S/C20H23N3/c1-16(22(2)3)15-23-20(18-12-8-5-9-13-18)14-19(21-23)17-10-6-4-7-11-17/h4-14,16H,15H2,1-3H3. The molecule has 3 rings (SSSR count). The van der Waals surface area contributed by atoms with E-state index in [0.29, 0.717) is 6.04 Å². The zero-order valence-corrected chi connectivity index (χ0v) is 14.0. The van der Waals surface area contributed by atoms with Crippen molar-refractivity contribution in [3.8, 4) is 22.5 Å². The fourth-order valence-electron chi connectivity index (χ4n) is 2.56. The van der Waals surface area contributed by atoms with Crippen LogP contribution in [-0.4, -0.2) is 34.8 Å². The summed E-state index contributed by atoms with van der Waals surface area (Å²) in [5.74, 6) is 0. The van der Waals surface area contributed by atoms with E-state index >= 15 is 0 Å². The molecular weight excluding hydrogens is 282 g/mol. The zero-order chi connectivity index (χ0) is 16.2. The average molecular weight is 305 g/mol. The molecule has 0 amide bonds. The molecule has 0 saturated heterocycles. The maximum absolute atomic E-state index is 4.87. The van der Waals surface area contributed by atoms with E-state index in [0.717, 1.165) is 23.5 Å². The fraction of sp³-hybridized carbons (Fsp3) is 0.250. The molecule has 0 fully saturated rings. The Hall–Kier alpha value is -2.39. The highest BCUT2D eigenvalue weighted by molar-refractivity contribution is 5.68. The molecule has 0 bridgehead atoms. The first-order valence-electron chi connectivity index (χ1n) is 8.00. The van der Waals surface area contributed by atoms with Gasteiger partial charge in [-0.3, -0.25) is 4.68 Å². The van der Waals surface area contributed by atoms with Gasteiger partial charge in [-0.1, -0.05) is 60.7 Å². The molecule has 1 unspecified atom stereocenters. The molecule has 23 heavy (non-hydrogen) atoms. The molecule has 0 aliphatic heterocycles. The summed E-state index contributed by atoms with van der Waals surface area (Å²) in [5.41, 5.74) is 4.54. The summed E-state index contributed by atoms with van der Waals surface area (Å²) >= 11 is 0. The van der Waals surface area contributed by atoms with Crippen LogP contribution < -0.4 is 0 Å². The number of hydrogen-bond donors (Lipinski definition) is 0. The van der Waals surface area contributed by atoms with E-state index in [4.69, 9.17) is 5.10 Å². The molecule has 1 heterocycles. The number of nitrogens with zero attached hydrogens (tertiary/aromatic N) is 3. The molecule has 3 heteroatoms. The largest absolute Gasteiger partial charge is 0.305 e. The van der Waals surface area contributed by atoms with Crippen molar-refractivity contribution in [1.29, 1.82) is 0 Å². The van der Waals surface area contributed by atoms with Crippen molar-refractivity contribution >= 4 is 0 Å². The van der Waals surface area contributed by atoms with E-state index < -0.39 is 0 Å². The van der Waals surface area contributed by atoms with E-state index in [-0.39, 0.29) is 0 Å². The van der Waals surface area contributed by atoms with Gasteiger partial charge in [-0.25, -0.2) is 0 Å². The molecule has 0 aliphatic carbocycles. The third-order valence-corrected chi connectivity index (χ3v) is 4.24. The maximum Gasteiger partial charge on any atom is 0.0929 e. The van der Waals surface area contributed by atoms with Gasteiger partial charge in [0.1, 0.15) is 0 Å². The normalized spacial score (nSPS) is 12.5. The highest BCUT2D eigenvalue weighted by atomic mass is 15.3. The fourth-order valence-corrected chi connectivity index (χ4v) is 2.56. The second-order valence-electron chi connectivity index (χ2n) is 6.14. The van der Waals surface area contributed by atoms with Crippen molar-refractivity contribution in [2.24, 2.45) is 0 Å². The summed E-state index contributed by atoms with van der Waals surface area (Å²) in [4.78, 5) is 2.22. The second-order valence-corrected chi connectivity index (χ2v) is 6.14. The average Bonchev–Trinajstić information content (AvgIpc) is 3.00. The first-order valence-corrected chi connectivity index (χ1v) is 8.00. The minimum Gasteiger partial charge on any atom is -0.305 e. The molecule has 0 saturated carbocycles. The van der Waals surface area contributed by atoms with Crippen LogP contribution in [0.25, 0.3) is 22.5 Å².